The van der Waals surface area contributed by atoms with Gasteiger partial charge >= 0.3 is 0 Å². The molecule has 1 unspecified atom stereocenters. The Balaban J connectivity index is 1.60. The molecule has 0 spiro atoms. The summed E-state index contributed by atoms with van der Waals surface area (Å²) < 4.78 is 7.61. The predicted molar refractivity (Wildman–Crippen MR) is 78.4 cm³/mol. The Morgan fingerprint density at radius 2 is 2.36 bits per heavy atom. The number of morpholine rings is 1. The fraction of sp³-hybridized carbons (Fsp3) is 0.462. The molecular weight excluding hydrogens is 284 g/mol. The maximum atomic E-state index is 5.83. The Morgan fingerprint density at radius 3 is 3.23 bits per heavy atom. The number of anilines is 1. The van der Waals surface area contributed by atoms with Crippen LogP contribution in [0.4, 0.5) is 5.82 Å². The molecule has 4 rings (SSSR count). The molecule has 1 aliphatic rings. The predicted octanol–water partition coefficient (Wildman–Crippen LogP) is 0.158. The number of hydrogen-bond donors (Lipinski definition) is 1. The average molecular weight is 300 g/mol. The first-order valence-corrected chi connectivity index (χ1v) is 7.17. The highest BCUT2D eigenvalue weighted by molar-refractivity contribution is 5.89. The Bertz CT molecular complexity index is 768. The van der Waals surface area contributed by atoms with Gasteiger partial charge in [0, 0.05) is 25.0 Å². The Labute approximate surface area is 126 Å². The van der Waals surface area contributed by atoms with Crippen LogP contribution in [0, 0.1) is 6.92 Å². The van der Waals surface area contributed by atoms with Crippen molar-refractivity contribution in [2.75, 3.05) is 24.6 Å². The summed E-state index contributed by atoms with van der Waals surface area (Å²) in [5, 5.41) is 16.0. The molecule has 4 heterocycles. The molecule has 1 fully saturated rings. The van der Waals surface area contributed by atoms with Crippen molar-refractivity contribution in [2.24, 2.45) is 0 Å². The van der Waals surface area contributed by atoms with Gasteiger partial charge in [-0.1, -0.05) is 5.21 Å². The van der Waals surface area contributed by atoms with E-state index in [1.54, 1.807) is 17.2 Å². The van der Waals surface area contributed by atoms with E-state index in [1.807, 2.05) is 13.1 Å². The van der Waals surface area contributed by atoms with Gasteiger partial charge in [0.1, 0.15) is 12.1 Å². The summed E-state index contributed by atoms with van der Waals surface area (Å²) in [5.41, 5.74) is 1.67. The lowest BCUT2D eigenvalue weighted by molar-refractivity contribution is 0.0269. The van der Waals surface area contributed by atoms with Crippen molar-refractivity contribution in [3.05, 3.63) is 24.4 Å². The molecule has 1 atom stereocenters. The third-order valence-electron chi connectivity index (χ3n) is 3.81. The number of aryl methyl sites for hydroxylation is 1. The molecule has 0 aliphatic carbocycles. The molecular formula is C13H16N8O. The van der Waals surface area contributed by atoms with Crippen LogP contribution in [0.25, 0.3) is 11.0 Å². The summed E-state index contributed by atoms with van der Waals surface area (Å²) in [4.78, 5) is 10.9. The summed E-state index contributed by atoms with van der Waals surface area (Å²) in [7, 11) is 0. The standard InChI is InChI=1S/C13H16N8O/c1-9-11-12(18-17-9)14-8-15-13(11)20-4-5-22-10(6-20)7-21-3-2-16-19-21/h2-3,8,10H,4-7H2,1H3,(H,14,15,17,18). The topological polar surface area (TPSA) is 97.6 Å². The van der Waals surface area contributed by atoms with E-state index in [9.17, 15) is 0 Å². The average Bonchev–Trinajstić information content (AvgIpc) is 3.18. The van der Waals surface area contributed by atoms with E-state index in [-0.39, 0.29) is 6.10 Å². The van der Waals surface area contributed by atoms with E-state index in [2.05, 4.69) is 35.4 Å². The number of aromatic amines is 1. The first-order valence-electron chi connectivity index (χ1n) is 7.17. The van der Waals surface area contributed by atoms with E-state index in [0.29, 0.717) is 18.8 Å². The zero-order chi connectivity index (χ0) is 14.9. The van der Waals surface area contributed by atoms with Crippen molar-refractivity contribution < 1.29 is 4.74 Å². The van der Waals surface area contributed by atoms with Gasteiger partial charge in [-0.15, -0.1) is 5.10 Å². The van der Waals surface area contributed by atoms with E-state index in [1.165, 1.54) is 0 Å². The first kappa shape index (κ1) is 13.1. The van der Waals surface area contributed by atoms with Crippen LogP contribution in [-0.2, 0) is 11.3 Å². The third-order valence-corrected chi connectivity index (χ3v) is 3.81. The molecule has 1 saturated heterocycles. The largest absolute Gasteiger partial charge is 0.373 e. The van der Waals surface area contributed by atoms with Crippen LogP contribution in [0.2, 0.25) is 0 Å². The lowest BCUT2D eigenvalue weighted by atomic mass is 10.2. The molecule has 0 aromatic carbocycles. The molecule has 0 bridgehead atoms. The second kappa shape index (κ2) is 5.34. The highest BCUT2D eigenvalue weighted by Crippen LogP contribution is 2.25. The molecule has 0 radical (unpaired) electrons. The summed E-state index contributed by atoms with van der Waals surface area (Å²) in [5.74, 6) is 0.906. The number of H-pyrrole nitrogens is 1. The summed E-state index contributed by atoms with van der Waals surface area (Å²) in [6.45, 7) is 4.85. The zero-order valence-electron chi connectivity index (χ0n) is 12.2. The van der Waals surface area contributed by atoms with E-state index in [0.717, 1.165) is 30.0 Å². The maximum absolute atomic E-state index is 5.83. The van der Waals surface area contributed by atoms with Crippen LogP contribution in [0.1, 0.15) is 5.69 Å². The van der Waals surface area contributed by atoms with Crippen LogP contribution < -0.4 is 4.90 Å². The summed E-state index contributed by atoms with van der Waals surface area (Å²) >= 11 is 0. The van der Waals surface area contributed by atoms with E-state index >= 15 is 0 Å². The highest BCUT2D eigenvalue weighted by atomic mass is 16.5. The van der Waals surface area contributed by atoms with Crippen molar-refractivity contribution in [1.82, 2.24) is 35.2 Å². The lowest BCUT2D eigenvalue weighted by Crippen LogP contribution is -2.44. The molecule has 3 aromatic heterocycles. The van der Waals surface area contributed by atoms with Gasteiger partial charge in [-0.05, 0) is 6.92 Å². The first-order chi connectivity index (χ1) is 10.8. The Hall–Kier alpha value is -2.55. The van der Waals surface area contributed by atoms with Gasteiger partial charge in [0.15, 0.2) is 5.65 Å². The van der Waals surface area contributed by atoms with Crippen LogP contribution in [0.3, 0.4) is 0 Å². The molecule has 22 heavy (non-hydrogen) atoms. The highest BCUT2D eigenvalue weighted by Gasteiger charge is 2.24. The number of fused-ring (bicyclic) bond motifs is 1. The minimum Gasteiger partial charge on any atom is -0.373 e. The third kappa shape index (κ3) is 2.29. The van der Waals surface area contributed by atoms with Gasteiger partial charge < -0.3 is 9.64 Å². The zero-order valence-corrected chi connectivity index (χ0v) is 12.2. The molecule has 0 saturated carbocycles. The van der Waals surface area contributed by atoms with Crippen molar-refractivity contribution in [3.63, 3.8) is 0 Å². The number of ether oxygens (including phenoxy) is 1. The van der Waals surface area contributed by atoms with Crippen molar-refractivity contribution in [2.45, 2.75) is 19.6 Å². The van der Waals surface area contributed by atoms with Gasteiger partial charge in [0.25, 0.3) is 0 Å². The lowest BCUT2D eigenvalue weighted by Gasteiger charge is -2.33. The molecule has 1 aliphatic heterocycles. The monoisotopic (exact) mass is 300 g/mol. The van der Waals surface area contributed by atoms with Gasteiger partial charge in [-0.25, -0.2) is 14.6 Å². The molecule has 1 N–H and O–H groups in total. The molecule has 114 valence electrons. The molecule has 9 nitrogen and oxygen atoms in total. The van der Waals surface area contributed by atoms with Crippen LogP contribution in [-0.4, -0.2) is 61.0 Å². The van der Waals surface area contributed by atoms with Gasteiger partial charge in [0.2, 0.25) is 0 Å². The van der Waals surface area contributed by atoms with E-state index in [4.69, 9.17) is 4.74 Å². The smallest absolute Gasteiger partial charge is 0.186 e. The molecule has 3 aromatic rings. The quantitative estimate of drug-likeness (QED) is 0.735. The number of aromatic nitrogens is 7. The number of nitrogens with zero attached hydrogens (tertiary/aromatic N) is 7. The second-order valence-electron chi connectivity index (χ2n) is 5.31. The summed E-state index contributed by atoms with van der Waals surface area (Å²) in [6.07, 6.45) is 5.11. The minimum absolute atomic E-state index is 0.0488. The van der Waals surface area contributed by atoms with Crippen molar-refractivity contribution in [1.29, 1.82) is 0 Å². The van der Waals surface area contributed by atoms with Crippen molar-refractivity contribution >= 4 is 16.9 Å². The SMILES string of the molecule is Cc1[nH]nc2ncnc(N3CCOC(Cn4ccnn4)C3)c12. The van der Waals surface area contributed by atoms with Gasteiger partial charge in [0.05, 0.1) is 30.8 Å². The maximum Gasteiger partial charge on any atom is 0.186 e. The van der Waals surface area contributed by atoms with Crippen LogP contribution in [0.15, 0.2) is 18.7 Å². The number of nitrogens with one attached hydrogen (secondary N) is 1. The number of rotatable bonds is 3. The fourth-order valence-electron chi connectivity index (χ4n) is 2.78. The Kier molecular flexibility index (Phi) is 3.19. The Morgan fingerprint density at radius 1 is 1.41 bits per heavy atom. The normalized spacial score (nSPS) is 19.0. The fourth-order valence-corrected chi connectivity index (χ4v) is 2.78. The summed E-state index contributed by atoms with van der Waals surface area (Å²) in [6, 6.07) is 0. The van der Waals surface area contributed by atoms with E-state index < -0.39 is 0 Å². The van der Waals surface area contributed by atoms with Crippen molar-refractivity contribution in [3.8, 4) is 0 Å². The molecule has 0 amide bonds. The van der Waals surface area contributed by atoms with Crippen LogP contribution >= 0.6 is 0 Å². The molecule has 9 heteroatoms. The van der Waals surface area contributed by atoms with Gasteiger partial charge in [-0.3, -0.25) is 5.10 Å². The van der Waals surface area contributed by atoms with Crippen LogP contribution in [0.5, 0.6) is 0 Å². The number of hydrogen-bond acceptors (Lipinski definition) is 7. The second-order valence-corrected chi connectivity index (χ2v) is 5.31. The minimum atomic E-state index is 0.0488. The van der Waals surface area contributed by atoms with Gasteiger partial charge in [-0.2, -0.15) is 5.10 Å².